The molecule has 1 aromatic carbocycles. The average Bonchev–Trinajstić information content (AvgIpc) is 2.62. The number of piperazine rings is 1. The number of carbonyl (C=O) groups excluding carboxylic acids is 1. The van der Waals surface area contributed by atoms with Gasteiger partial charge in [-0.2, -0.15) is 0 Å². The van der Waals surface area contributed by atoms with Crippen LogP contribution in [-0.4, -0.2) is 54.5 Å². The van der Waals surface area contributed by atoms with Crippen LogP contribution >= 0.6 is 0 Å². The van der Waals surface area contributed by atoms with E-state index in [0.717, 1.165) is 51.0 Å². The Labute approximate surface area is 144 Å². The predicted octanol–water partition coefficient (Wildman–Crippen LogP) is 2.56. The van der Waals surface area contributed by atoms with E-state index >= 15 is 0 Å². The molecule has 2 heterocycles. The molecule has 132 valence electrons. The number of benzene rings is 1. The molecular weight excluding hydrogens is 305 g/mol. The van der Waals surface area contributed by atoms with Gasteiger partial charge in [-0.05, 0) is 43.4 Å². The summed E-state index contributed by atoms with van der Waals surface area (Å²) in [5.41, 5.74) is 0.945. The zero-order chi connectivity index (χ0) is 16.9. The highest BCUT2D eigenvalue weighted by molar-refractivity contribution is 5.78. The number of piperidine rings is 1. The molecule has 0 radical (unpaired) electrons. The second-order valence-corrected chi connectivity index (χ2v) is 6.89. The molecule has 0 aromatic heterocycles. The number of hydrogen-bond donors (Lipinski definition) is 1. The summed E-state index contributed by atoms with van der Waals surface area (Å²) in [5, 5.41) is 3.37. The fourth-order valence-electron chi connectivity index (χ4n) is 4.00. The van der Waals surface area contributed by atoms with E-state index in [4.69, 9.17) is 0 Å². The maximum atomic E-state index is 13.6. The molecule has 1 amide bonds. The third-order valence-electron chi connectivity index (χ3n) is 5.34. The zero-order valence-electron chi connectivity index (χ0n) is 14.5. The molecule has 0 spiro atoms. The van der Waals surface area contributed by atoms with Gasteiger partial charge in [0.05, 0.1) is 6.54 Å². The van der Waals surface area contributed by atoms with Crippen LogP contribution in [-0.2, 0) is 4.79 Å². The topological polar surface area (TPSA) is 35.6 Å². The highest BCUT2D eigenvalue weighted by Crippen LogP contribution is 2.24. The summed E-state index contributed by atoms with van der Waals surface area (Å²) in [6.07, 6.45) is 4.48. The van der Waals surface area contributed by atoms with Crippen LogP contribution in [0.5, 0.6) is 0 Å². The summed E-state index contributed by atoms with van der Waals surface area (Å²) in [6, 6.07) is 7.20. The lowest BCUT2D eigenvalue weighted by molar-refractivity contribution is -0.137. The van der Waals surface area contributed by atoms with Crippen molar-refractivity contribution in [3.8, 4) is 0 Å². The van der Waals surface area contributed by atoms with Crippen molar-refractivity contribution in [1.29, 1.82) is 0 Å². The zero-order valence-corrected chi connectivity index (χ0v) is 14.5. The van der Waals surface area contributed by atoms with Gasteiger partial charge >= 0.3 is 0 Å². The standard InChI is InChI=1S/C19H28FN3O/c1-2-17-8-3-4-10-23(17)19(24)14-22-11-9-21-13-18(22)15-6-5-7-16(20)12-15/h5-7,12,17-18,21H,2-4,8-11,13-14H2,1H3. The third-order valence-corrected chi connectivity index (χ3v) is 5.34. The Morgan fingerprint density at radius 1 is 1.33 bits per heavy atom. The molecule has 24 heavy (non-hydrogen) atoms. The van der Waals surface area contributed by atoms with Gasteiger partial charge < -0.3 is 10.2 Å². The van der Waals surface area contributed by atoms with Crippen LogP contribution in [0.3, 0.4) is 0 Å². The van der Waals surface area contributed by atoms with E-state index in [9.17, 15) is 9.18 Å². The van der Waals surface area contributed by atoms with Crippen LogP contribution in [0.25, 0.3) is 0 Å². The molecular formula is C19H28FN3O. The number of amides is 1. The Balaban J connectivity index is 1.70. The lowest BCUT2D eigenvalue weighted by Gasteiger charge is -2.40. The van der Waals surface area contributed by atoms with Crippen molar-refractivity contribution in [2.24, 2.45) is 0 Å². The summed E-state index contributed by atoms with van der Waals surface area (Å²) < 4.78 is 13.6. The summed E-state index contributed by atoms with van der Waals surface area (Å²) in [4.78, 5) is 17.2. The van der Waals surface area contributed by atoms with E-state index in [2.05, 4.69) is 22.0 Å². The molecule has 5 heteroatoms. The molecule has 2 aliphatic rings. The number of likely N-dealkylation sites (tertiary alicyclic amines) is 1. The van der Waals surface area contributed by atoms with Crippen LogP contribution in [0, 0.1) is 5.82 Å². The molecule has 2 atom stereocenters. The molecule has 2 unspecified atom stereocenters. The largest absolute Gasteiger partial charge is 0.339 e. The Kier molecular flexibility index (Phi) is 5.85. The first kappa shape index (κ1) is 17.4. The summed E-state index contributed by atoms with van der Waals surface area (Å²) in [5.74, 6) is 0.0104. The van der Waals surface area contributed by atoms with Gasteiger partial charge in [-0.15, -0.1) is 0 Å². The van der Waals surface area contributed by atoms with E-state index in [1.165, 1.54) is 12.5 Å². The van der Waals surface area contributed by atoms with Crippen molar-refractivity contribution in [2.45, 2.75) is 44.7 Å². The van der Waals surface area contributed by atoms with Crippen molar-refractivity contribution in [2.75, 3.05) is 32.7 Å². The van der Waals surface area contributed by atoms with E-state index < -0.39 is 0 Å². The molecule has 0 bridgehead atoms. The third kappa shape index (κ3) is 3.95. The number of halogens is 1. The number of rotatable bonds is 4. The first-order valence-corrected chi connectivity index (χ1v) is 9.18. The minimum absolute atomic E-state index is 0.0586. The van der Waals surface area contributed by atoms with Crippen molar-refractivity contribution in [1.82, 2.24) is 15.1 Å². The van der Waals surface area contributed by atoms with Gasteiger partial charge in [0, 0.05) is 38.3 Å². The minimum atomic E-state index is -0.216. The van der Waals surface area contributed by atoms with Gasteiger partial charge in [-0.1, -0.05) is 19.1 Å². The van der Waals surface area contributed by atoms with Crippen LogP contribution in [0.1, 0.15) is 44.2 Å². The maximum Gasteiger partial charge on any atom is 0.237 e. The van der Waals surface area contributed by atoms with Gasteiger partial charge in [0.2, 0.25) is 5.91 Å². The van der Waals surface area contributed by atoms with Crippen molar-refractivity contribution < 1.29 is 9.18 Å². The van der Waals surface area contributed by atoms with Crippen molar-refractivity contribution >= 4 is 5.91 Å². The lowest BCUT2D eigenvalue weighted by Crippen LogP contribution is -2.52. The van der Waals surface area contributed by atoms with Gasteiger partial charge in [0.25, 0.3) is 0 Å². The Bertz CT molecular complexity index is 565. The number of carbonyl (C=O) groups is 1. The highest BCUT2D eigenvalue weighted by atomic mass is 19.1. The van der Waals surface area contributed by atoms with Crippen molar-refractivity contribution in [3.63, 3.8) is 0 Å². The highest BCUT2D eigenvalue weighted by Gasteiger charge is 2.30. The van der Waals surface area contributed by atoms with E-state index in [1.807, 2.05) is 6.07 Å². The SMILES string of the molecule is CCC1CCCCN1C(=O)CN1CCNCC1c1cccc(F)c1. The molecule has 0 saturated carbocycles. The predicted molar refractivity (Wildman–Crippen MR) is 93.2 cm³/mol. The number of hydrogen-bond acceptors (Lipinski definition) is 3. The smallest absolute Gasteiger partial charge is 0.237 e. The molecule has 2 fully saturated rings. The number of nitrogens with zero attached hydrogens (tertiary/aromatic N) is 2. The van der Waals surface area contributed by atoms with Crippen molar-refractivity contribution in [3.05, 3.63) is 35.6 Å². The Hall–Kier alpha value is -1.46. The first-order valence-electron chi connectivity index (χ1n) is 9.18. The fraction of sp³-hybridized carbons (Fsp3) is 0.632. The van der Waals surface area contributed by atoms with Gasteiger partial charge in [-0.3, -0.25) is 9.69 Å². The number of nitrogens with one attached hydrogen (secondary N) is 1. The molecule has 4 nitrogen and oxygen atoms in total. The monoisotopic (exact) mass is 333 g/mol. The molecule has 1 aromatic rings. The normalized spacial score (nSPS) is 25.7. The van der Waals surface area contributed by atoms with Crippen LogP contribution in [0.2, 0.25) is 0 Å². The molecule has 3 rings (SSSR count). The Morgan fingerprint density at radius 3 is 3.00 bits per heavy atom. The molecule has 2 aliphatic heterocycles. The van der Waals surface area contributed by atoms with Gasteiger partial charge in [0.15, 0.2) is 0 Å². The fourth-order valence-corrected chi connectivity index (χ4v) is 4.00. The second-order valence-electron chi connectivity index (χ2n) is 6.89. The Morgan fingerprint density at radius 2 is 2.21 bits per heavy atom. The molecule has 2 saturated heterocycles. The van der Waals surface area contributed by atoms with Crippen LogP contribution < -0.4 is 5.32 Å². The van der Waals surface area contributed by atoms with Crippen LogP contribution in [0.4, 0.5) is 4.39 Å². The molecule has 0 aliphatic carbocycles. The van der Waals surface area contributed by atoms with E-state index in [1.54, 1.807) is 12.1 Å². The van der Waals surface area contributed by atoms with Gasteiger partial charge in [-0.25, -0.2) is 4.39 Å². The average molecular weight is 333 g/mol. The minimum Gasteiger partial charge on any atom is -0.339 e. The van der Waals surface area contributed by atoms with Crippen LogP contribution in [0.15, 0.2) is 24.3 Å². The quantitative estimate of drug-likeness (QED) is 0.920. The lowest BCUT2D eigenvalue weighted by atomic mass is 9.99. The van der Waals surface area contributed by atoms with Gasteiger partial charge in [0.1, 0.15) is 5.82 Å². The summed E-state index contributed by atoms with van der Waals surface area (Å²) in [6.45, 7) is 5.92. The van der Waals surface area contributed by atoms with E-state index in [-0.39, 0.29) is 17.8 Å². The first-order chi connectivity index (χ1) is 11.7. The maximum absolute atomic E-state index is 13.6. The second kappa shape index (κ2) is 8.08. The summed E-state index contributed by atoms with van der Waals surface area (Å²) in [7, 11) is 0. The summed E-state index contributed by atoms with van der Waals surface area (Å²) >= 11 is 0. The van der Waals surface area contributed by atoms with E-state index in [0.29, 0.717) is 12.6 Å². The molecule has 1 N–H and O–H groups in total.